The first-order valence-electron chi connectivity index (χ1n) is 22.5. The molecule has 1 spiro atoms. The summed E-state index contributed by atoms with van der Waals surface area (Å²) in [6.45, 7) is 4.74. The second-order valence-corrected chi connectivity index (χ2v) is 18.3. The molecule has 0 fully saturated rings. The van der Waals surface area contributed by atoms with E-state index in [0.717, 1.165) is 17.1 Å². The lowest BCUT2D eigenvalue weighted by molar-refractivity contribution is 0.660. The van der Waals surface area contributed by atoms with Gasteiger partial charge in [0.1, 0.15) is 0 Å². The van der Waals surface area contributed by atoms with Crippen molar-refractivity contribution in [3.8, 4) is 39.1 Å². The van der Waals surface area contributed by atoms with Crippen LogP contribution in [0, 0.1) is 0 Å². The van der Waals surface area contributed by atoms with Crippen LogP contribution in [-0.4, -0.2) is 4.57 Å². The Morgan fingerprint density at radius 1 is 0.359 bits per heavy atom. The van der Waals surface area contributed by atoms with Crippen LogP contribution in [0.2, 0.25) is 0 Å². The van der Waals surface area contributed by atoms with E-state index in [2.05, 4.69) is 242 Å². The quantitative estimate of drug-likeness (QED) is 0.172. The van der Waals surface area contributed by atoms with Gasteiger partial charge in [0.2, 0.25) is 0 Å². The van der Waals surface area contributed by atoms with Gasteiger partial charge >= 0.3 is 0 Å². The van der Waals surface area contributed by atoms with E-state index in [0.29, 0.717) is 0 Å². The zero-order valence-corrected chi connectivity index (χ0v) is 35.7. The zero-order chi connectivity index (χ0) is 42.3. The highest BCUT2D eigenvalue weighted by Gasteiger charge is 2.50. The van der Waals surface area contributed by atoms with Crippen molar-refractivity contribution in [2.75, 3.05) is 4.90 Å². The second kappa shape index (κ2) is 12.8. The molecule has 2 heteroatoms. The maximum atomic E-state index is 2.53. The number of benzene rings is 10. The van der Waals surface area contributed by atoms with Crippen LogP contribution in [0.15, 0.2) is 218 Å². The summed E-state index contributed by atoms with van der Waals surface area (Å²) in [5, 5.41) is 5.03. The van der Waals surface area contributed by atoms with E-state index < -0.39 is 5.41 Å². The fourth-order valence-electron chi connectivity index (χ4n) is 12.4. The van der Waals surface area contributed by atoms with E-state index >= 15 is 0 Å². The molecule has 0 atom stereocenters. The molecule has 64 heavy (non-hydrogen) atoms. The lowest BCUT2D eigenvalue weighted by atomic mass is 9.61. The third-order valence-electron chi connectivity index (χ3n) is 15.0. The Labute approximate surface area is 372 Å². The number of hydrogen-bond donors (Lipinski definition) is 0. The molecule has 0 unspecified atom stereocenters. The molecule has 0 saturated carbocycles. The van der Waals surface area contributed by atoms with Gasteiger partial charge in [-0.1, -0.05) is 190 Å². The minimum absolute atomic E-state index is 0.105. The first-order chi connectivity index (χ1) is 31.5. The number of anilines is 3. The van der Waals surface area contributed by atoms with E-state index in [1.54, 1.807) is 0 Å². The summed E-state index contributed by atoms with van der Waals surface area (Å²) >= 11 is 0. The van der Waals surface area contributed by atoms with Gasteiger partial charge in [-0.2, -0.15) is 0 Å². The molecule has 1 aromatic heterocycles. The van der Waals surface area contributed by atoms with Gasteiger partial charge < -0.3 is 9.47 Å². The monoisotopic (exact) mass is 814 g/mol. The van der Waals surface area contributed by atoms with Crippen molar-refractivity contribution >= 4 is 49.6 Å². The Kier molecular flexibility index (Phi) is 7.13. The van der Waals surface area contributed by atoms with Gasteiger partial charge in [0, 0.05) is 38.5 Å². The van der Waals surface area contributed by atoms with Crippen LogP contribution < -0.4 is 4.90 Å². The molecule has 0 amide bonds. The second-order valence-electron chi connectivity index (χ2n) is 18.3. The van der Waals surface area contributed by atoms with Crippen molar-refractivity contribution in [2.45, 2.75) is 24.7 Å². The van der Waals surface area contributed by atoms with Crippen LogP contribution in [0.3, 0.4) is 0 Å². The molecule has 2 nitrogen and oxygen atoms in total. The summed E-state index contributed by atoms with van der Waals surface area (Å²) in [6.07, 6.45) is 0. The average Bonchev–Trinajstić information content (AvgIpc) is 3.92. The summed E-state index contributed by atoms with van der Waals surface area (Å²) in [6, 6.07) is 82.0. The van der Waals surface area contributed by atoms with E-state index in [1.165, 1.54) is 105 Å². The predicted octanol–water partition coefficient (Wildman–Crippen LogP) is 16.1. The van der Waals surface area contributed by atoms with Gasteiger partial charge in [-0.25, -0.2) is 0 Å². The van der Waals surface area contributed by atoms with Crippen LogP contribution >= 0.6 is 0 Å². The number of aromatic nitrogens is 1. The summed E-state index contributed by atoms with van der Waals surface area (Å²) in [4.78, 5) is 2.49. The maximum Gasteiger partial charge on any atom is 0.0725 e. The molecule has 3 aliphatic carbocycles. The SMILES string of the molecule is CC1(C)c2ccccc2-c2c(-n3c4ccccc4c4ccc(N(c5ccccc5)c5ccc6c7c(cccc57)C5(c7ccccc7-c7ccccc75)c5ccccc5-6)cc43)cccc21. The molecule has 10 aromatic carbocycles. The molecule has 0 N–H and O–H groups in total. The molecule has 0 bridgehead atoms. The number of rotatable bonds is 4. The van der Waals surface area contributed by atoms with Crippen molar-refractivity contribution in [2.24, 2.45) is 0 Å². The topological polar surface area (TPSA) is 8.17 Å². The molecule has 0 saturated heterocycles. The fraction of sp³-hybridized carbons (Fsp3) is 0.0645. The predicted molar refractivity (Wildman–Crippen MR) is 267 cm³/mol. The lowest BCUT2D eigenvalue weighted by Crippen LogP contribution is -2.31. The van der Waals surface area contributed by atoms with Crippen molar-refractivity contribution in [3.05, 3.63) is 252 Å². The Bertz CT molecular complexity index is 3730. The van der Waals surface area contributed by atoms with Crippen molar-refractivity contribution in [1.82, 2.24) is 4.57 Å². The van der Waals surface area contributed by atoms with Crippen LogP contribution in [-0.2, 0) is 10.8 Å². The largest absolute Gasteiger partial charge is 0.310 e. The van der Waals surface area contributed by atoms with Gasteiger partial charge in [-0.3, -0.25) is 0 Å². The summed E-state index contributed by atoms with van der Waals surface area (Å²) in [5.74, 6) is 0. The fourth-order valence-corrected chi connectivity index (χ4v) is 12.4. The number of fused-ring (bicyclic) bond motifs is 15. The van der Waals surface area contributed by atoms with Crippen molar-refractivity contribution in [1.29, 1.82) is 0 Å². The number of para-hydroxylation sites is 2. The van der Waals surface area contributed by atoms with Gasteiger partial charge in [-0.05, 0) is 109 Å². The number of hydrogen-bond acceptors (Lipinski definition) is 1. The molecular formula is C62H42N2. The van der Waals surface area contributed by atoms with Crippen molar-refractivity contribution in [3.63, 3.8) is 0 Å². The molecule has 3 aliphatic rings. The van der Waals surface area contributed by atoms with E-state index in [4.69, 9.17) is 0 Å². The molecule has 1 heterocycles. The Balaban J connectivity index is 1.05. The van der Waals surface area contributed by atoms with Gasteiger partial charge in [0.25, 0.3) is 0 Å². The summed E-state index contributed by atoms with van der Waals surface area (Å²) < 4.78 is 2.53. The molecule has 11 aromatic rings. The smallest absolute Gasteiger partial charge is 0.0725 e. The van der Waals surface area contributed by atoms with Crippen LogP contribution in [0.1, 0.15) is 47.2 Å². The van der Waals surface area contributed by atoms with E-state index in [-0.39, 0.29) is 5.41 Å². The number of nitrogens with zero attached hydrogens (tertiary/aromatic N) is 2. The van der Waals surface area contributed by atoms with E-state index in [9.17, 15) is 0 Å². The minimum atomic E-state index is -0.463. The highest BCUT2D eigenvalue weighted by molar-refractivity contribution is 6.14. The minimum Gasteiger partial charge on any atom is -0.310 e. The lowest BCUT2D eigenvalue weighted by Gasteiger charge is -2.40. The Hall–Kier alpha value is -7.94. The van der Waals surface area contributed by atoms with Crippen LogP contribution in [0.4, 0.5) is 17.1 Å². The van der Waals surface area contributed by atoms with Gasteiger partial charge in [0.05, 0.1) is 27.8 Å². The Morgan fingerprint density at radius 3 is 1.64 bits per heavy atom. The molecule has 300 valence electrons. The molecular weight excluding hydrogens is 773 g/mol. The van der Waals surface area contributed by atoms with Crippen molar-refractivity contribution < 1.29 is 0 Å². The average molecular weight is 815 g/mol. The van der Waals surface area contributed by atoms with Crippen LogP contribution in [0.25, 0.3) is 71.6 Å². The highest BCUT2D eigenvalue weighted by Crippen LogP contribution is 2.62. The van der Waals surface area contributed by atoms with Crippen LogP contribution in [0.5, 0.6) is 0 Å². The van der Waals surface area contributed by atoms with Gasteiger partial charge in [0.15, 0.2) is 0 Å². The standard InChI is InChI=1S/C62H42N2/c1-61(2)49-26-11-9-24-47(49)60-53(61)30-17-33-57(60)64-55-32-15-10-23-44(55)45-35-34-40(38-58(45)64)63(39-18-4-3-5-19-39)56-37-36-46-43-22-8-14-29-52(43)62(54-31-16-25-48(56)59(46)54)50-27-12-6-20-41(50)42-21-7-13-28-51(42)62/h3-38H,1-2H3. The highest BCUT2D eigenvalue weighted by atomic mass is 15.1. The molecule has 14 rings (SSSR count). The molecule has 0 aliphatic heterocycles. The maximum absolute atomic E-state index is 2.53. The normalized spacial score (nSPS) is 14.3. The summed E-state index contributed by atoms with van der Waals surface area (Å²) in [7, 11) is 0. The third-order valence-corrected chi connectivity index (χ3v) is 15.0. The zero-order valence-electron chi connectivity index (χ0n) is 35.7. The van der Waals surface area contributed by atoms with Gasteiger partial charge in [-0.15, -0.1) is 0 Å². The van der Waals surface area contributed by atoms with E-state index in [1.807, 2.05) is 0 Å². The Morgan fingerprint density at radius 2 is 0.906 bits per heavy atom. The first kappa shape index (κ1) is 35.6. The third kappa shape index (κ3) is 4.44. The molecule has 0 radical (unpaired) electrons. The summed E-state index contributed by atoms with van der Waals surface area (Å²) in [5.41, 5.74) is 22.4. The first-order valence-corrected chi connectivity index (χ1v) is 22.5.